The third kappa shape index (κ3) is 3.64. The first kappa shape index (κ1) is 17.2. The lowest BCUT2D eigenvalue weighted by atomic mass is 9.93. The van der Waals surface area contributed by atoms with Gasteiger partial charge in [0.2, 0.25) is 5.91 Å². The highest BCUT2D eigenvalue weighted by Gasteiger charge is 2.31. The third-order valence-electron chi connectivity index (χ3n) is 5.81. The fraction of sp³-hybridized carbons (Fsp3) is 0.500. The summed E-state index contributed by atoms with van der Waals surface area (Å²) in [5, 5.41) is 0. The van der Waals surface area contributed by atoms with Crippen LogP contribution in [0.15, 0.2) is 36.5 Å². The number of carbonyl (C=O) groups is 1. The molecule has 1 aliphatic heterocycles. The lowest BCUT2D eigenvalue weighted by molar-refractivity contribution is -0.136. The number of hydrogen-bond acceptors (Lipinski definition) is 3. The summed E-state index contributed by atoms with van der Waals surface area (Å²) in [7, 11) is 0. The molecule has 2 fully saturated rings. The Morgan fingerprint density at radius 3 is 2.77 bits per heavy atom. The average Bonchev–Trinajstić information content (AvgIpc) is 3.22. The number of amides is 1. The van der Waals surface area contributed by atoms with Gasteiger partial charge in [-0.1, -0.05) is 36.6 Å². The van der Waals surface area contributed by atoms with Crippen LogP contribution in [0, 0.1) is 12.8 Å². The van der Waals surface area contributed by atoms with Gasteiger partial charge in [-0.15, -0.1) is 0 Å². The number of piperidine rings is 1. The van der Waals surface area contributed by atoms with Crippen molar-refractivity contribution in [3.8, 4) is 11.4 Å². The Hall–Kier alpha value is -2.23. The van der Waals surface area contributed by atoms with Crippen LogP contribution in [0.5, 0.6) is 0 Å². The molecule has 1 saturated carbocycles. The van der Waals surface area contributed by atoms with Crippen molar-refractivity contribution >= 4 is 5.91 Å². The Bertz CT molecular complexity index is 782. The number of benzene rings is 1. The van der Waals surface area contributed by atoms with Gasteiger partial charge in [0.1, 0.15) is 0 Å². The van der Waals surface area contributed by atoms with Crippen molar-refractivity contribution in [2.75, 3.05) is 13.1 Å². The van der Waals surface area contributed by atoms with Gasteiger partial charge >= 0.3 is 0 Å². The van der Waals surface area contributed by atoms with Gasteiger partial charge in [0.25, 0.3) is 0 Å². The molecule has 136 valence electrons. The number of aryl methyl sites for hydroxylation is 1. The van der Waals surface area contributed by atoms with E-state index in [1.54, 1.807) is 0 Å². The summed E-state index contributed by atoms with van der Waals surface area (Å²) in [6.07, 6.45) is 8.58. The molecule has 0 spiro atoms. The Kier molecular flexibility index (Phi) is 5.00. The quantitative estimate of drug-likeness (QED) is 0.828. The highest BCUT2D eigenvalue weighted by molar-refractivity contribution is 5.79. The summed E-state index contributed by atoms with van der Waals surface area (Å²) in [6, 6.07) is 10.3. The zero-order valence-corrected chi connectivity index (χ0v) is 15.5. The van der Waals surface area contributed by atoms with Crippen molar-refractivity contribution < 1.29 is 4.79 Å². The molecule has 1 aromatic heterocycles. The van der Waals surface area contributed by atoms with Crippen LogP contribution in [0.1, 0.15) is 55.7 Å². The van der Waals surface area contributed by atoms with Crippen molar-refractivity contribution in [2.24, 2.45) is 5.92 Å². The molecular formula is C22H27N3O. The van der Waals surface area contributed by atoms with E-state index in [1.807, 2.05) is 18.3 Å². The Balaban J connectivity index is 1.51. The van der Waals surface area contributed by atoms with Crippen molar-refractivity contribution in [2.45, 2.75) is 51.4 Å². The van der Waals surface area contributed by atoms with Crippen LogP contribution in [0.3, 0.4) is 0 Å². The van der Waals surface area contributed by atoms with E-state index >= 15 is 0 Å². The fourth-order valence-electron chi connectivity index (χ4n) is 4.37. The first-order chi connectivity index (χ1) is 12.7. The SMILES string of the molecule is Cc1cccc(-c2nccc([C@H]3CCCN(C(=O)C4CCCC4)C3)n2)c1. The molecule has 0 N–H and O–H groups in total. The number of nitrogens with zero attached hydrogens (tertiary/aromatic N) is 3. The number of rotatable bonds is 3. The van der Waals surface area contributed by atoms with Crippen LogP contribution in [0.25, 0.3) is 11.4 Å². The van der Waals surface area contributed by atoms with Gasteiger partial charge < -0.3 is 4.90 Å². The first-order valence-electron chi connectivity index (χ1n) is 9.89. The maximum Gasteiger partial charge on any atom is 0.225 e. The Morgan fingerprint density at radius 2 is 1.96 bits per heavy atom. The normalized spacial score (nSPS) is 21.1. The summed E-state index contributed by atoms with van der Waals surface area (Å²) in [5.41, 5.74) is 3.34. The van der Waals surface area contributed by atoms with Gasteiger partial charge in [-0.2, -0.15) is 0 Å². The second kappa shape index (κ2) is 7.56. The second-order valence-corrected chi connectivity index (χ2v) is 7.78. The van der Waals surface area contributed by atoms with E-state index in [0.717, 1.165) is 55.9 Å². The Morgan fingerprint density at radius 1 is 1.12 bits per heavy atom. The molecular weight excluding hydrogens is 322 g/mol. The van der Waals surface area contributed by atoms with Crippen molar-refractivity contribution in [3.05, 3.63) is 47.8 Å². The standard InChI is InChI=1S/C22H27N3O/c1-16-6-4-9-18(14-16)21-23-12-11-20(24-21)19-10-5-13-25(15-19)22(26)17-7-2-3-8-17/h4,6,9,11-12,14,17,19H,2-3,5,7-8,10,13,15H2,1H3/t19-/m0/s1. The van der Waals surface area contributed by atoms with E-state index in [4.69, 9.17) is 4.98 Å². The van der Waals surface area contributed by atoms with Gasteiger partial charge in [-0.05, 0) is 44.7 Å². The molecule has 0 unspecified atom stereocenters. The molecule has 2 aliphatic rings. The fourth-order valence-corrected chi connectivity index (χ4v) is 4.37. The monoisotopic (exact) mass is 349 g/mol. The molecule has 1 aliphatic carbocycles. The molecule has 1 amide bonds. The first-order valence-corrected chi connectivity index (χ1v) is 9.89. The van der Waals surface area contributed by atoms with Gasteiger partial charge in [0, 0.05) is 42.4 Å². The van der Waals surface area contributed by atoms with Gasteiger partial charge in [-0.25, -0.2) is 9.97 Å². The van der Waals surface area contributed by atoms with Crippen molar-refractivity contribution in [1.82, 2.24) is 14.9 Å². The van der Waals surface area contributed by atoms with Gasteiger partial charge in [-0.3, -0.25) is 4.79 Å². The lowest BCUT2D eigenvalue weighted by Gasteiger charge is -2.34. The second-order valence-electron chi connectivity index (χ2n) is 7.78. The molecule has 2 heterocycles. The zero-order chi connectivity index (χ0) is 17.9. The van der Waals surface area contributed by atoms with E-state index < -0.39 is 0 Å². The number of likely N-dealkylation sites (tertiary alicyclic amines) is 1. The topological polar surface area (TPSA) is 46.1 Å². The highest BCUT2D eigenvalue weighted by atomic mass is 16.2. The minimum Gasteiger partial charge on any atom is -0.342 e. The summed E-state index contributed by atoms with van der Waals surface area (Å²) >= 11 is 0. The Labute approximate surface area is 155 Å². The lowest BCUT2D eigenvalue weighted by Crippen LogP contribution is -2.42. The maximum atomic E-state index is 12.8. The van der Waals surface area contributed by atoms with E-state index in [2.05, 4.69) is 35.0 Å². The van der Waals surface area contributed by atoms with E-state index in [0.29, 0.717) is 11.8 Å². The minimum atomic E-state index is 0.266. The molecule has 4 rings (SSSR count). The smallest absolute Gasteiger partial charge is 0.225 e. The number of hydrogen-bond donors (Lipinski definition) is 0. The van der Waals surface area contributed by atoms with Crippen LogP contribution in [0.2, 0.25) is 0 Å². The largest absolute Gasteiger partial charge is 0.342 e. The van der Waals surface area contributed by atoms with Crippen LogP contribution in [0.4, 0.5) is 0 Å². The van der Waals surface area contributed by atoms with Gasteiger partial charge in [0.05, 0.1) is 0 Å². The average molecular weight is 349 g/mol. The van der Waals surface area contributed by atoms with Crippen LogP contribution in [-0.4, -0.2) is 33.9 Å². The minimum absolute atomic E-state index is 0.266. The predicted molar refractivity (Wildman–Crippen MR) is 103 cm³/mol. The molecule has 1 aromatic carbocycles. The number of aromatic nitrogens is 2. The van der Waals surface area contributed by atoms with Gasteiger partial charge in [0.15, 0.2) is 5.82 Å². The summed E-state index contributed by atoms with van der Waals surface area (Å²) in [4.78, 5) is 24.2. The van der Waals surface area contributed by atoms with Crippen LogP contribution >= 0.6 is 0 Å². The summed E-state index contributed by atoms with van der Waals surface area (Å²) in [6.45, 7) is 3.79. The highest BCUT2D eigenvalue weighted by Crippen LogP contribution is 2.31. The van der Waals surface area contributed by atoms with Crippen LogP contribution < -0.4 is 0 Å². The summed E-state index contributed by atoms with van der Waals surface area (Å²) in [5.74, 6) is 1.74. The van der Waals surface area contributed by atoms with Crippen molar-refractivity contribution in [3.63, 3.8) is 0 Å². The third-order valence-corrected chi connectivity index (χ3v) is 5.81. The molecule has 4 heteroatoms. The van der Waals surface area contributed by atoms with E-state index in [-0.39, 0.29) is 5.92 Å². The zero-order valence-electron chi connectivity index (χ0n) is 15.5. The maximum absolute atomic E-state index is 12.8. The molecule has 0 radical (unpaired) electrons. The molecule has 1 saturated heterocycles. The van der Waals surface area contributed by atoms with E-state index in [9.17, 15) is 4.79 Å². The van der Waals surface area contributed by atoms with Crippen molar-refractivity contribution in [1.29, 1.82) is 0 Å². The molecule has 1 atom stereocenters. The van der Waals surface area contributed by atoms with E-state index in [1.165, 1.54) is 18.4 Å². The van der Waals surface area contributed by atoms with Crippen LogP contribution in [-0.2, 0) is 4.79 Å². The molecule has 26 heavy (non-hydrogen) atoms. The predicted octanol–water partition coefficient (Wildman–Crippen LogP) is 4.35. The summed E-state index contributed by atoms with van der Waals surface area (Å²) < 4.78 is 0. The number of carbonyl (C=O) groups excluding carboxylic acids is 1. The molecule has 4 nitrogen and oxygen atoms in total. The molecule has 2 aromatic rings. The molecule has 0 bridgehead atoms.